The Labute approximate surface area is 144 Å². The summed E-state index contributed by atoms with van der Waals surface area (Å²) >= 11 is 0. The van der Waals surface area contributed by atoms with Crippen molar-refractivity contribution >= 4 is 5.91 Å². The summed E-state index contributed by atoms with van der Waals surface area (Å²) in [7, 11) is 0. The lowest BCUT2D eigenvalue weighted by Gasteiger charge is -2.25. The molecule has 0 fully saturated rings. The molecule has 2 N–H and O–H groups in total. The van der Waals surface area contributed by atoms with E-state index in [1.165, 1.54) is 18.8 Å². The molecule has 0 aromatic carbocycles. The van der Waals surface area contributed by atoms with E-state index in [0.717, 1.165) is 17.0 Å². The van der Waals surface area contributed by atoms with Crippen molar-refractivity contribution in [3.63, 3.8) is 0 Å². The molecule has 25 heavy (non-hydrogen) atoms. The molecule has 1 unspecified atom stereocenters. The van der Waals surface area contributed by atoms with Crippen molar-refractivity contribution in [3.8, 4) is 0 Å². The fraction of sp³-hybridized carbons (Fsp3) is 0.333. The van der Waals surface area contributed by atoms with Crippen molar-refractivity contribution < 1.29 is 23.3 Å². The zero-order valence-corrected chi connectivity index (χ0v) is 14.1. The minimum absolute atomic E-state index is 0.0273. The molecule has 132 valence electrons. The zero-order valence-electron chi connectivity index (χ0n) is 14.1. The van der Waals surface area contributed by atoms with Gasteiger partial charge in [0.2, 0.25) is 5.91 Å². The summed E-state index contributed by atoms with van der Waals surface area (Å²) in [6, 6.07) is 4.97. The van der Waals surface area contributed by atoms with Crippen molar-refractivity contribution in [2.75, 3.05) is 6.54 Å². The van der Waals surface area contributed by atoms with E-state index in [2.05, 4.69) is 10.5 Å². The number of carbonyl (C=O) groups is 1. The predicted octanol–water partition coefficient (Wildman–Crippen LogP) is 2.46. The van der Waals surface area contributed by atoms with E-state index in [4.69, 9.17) is 13.4 Å². The van der Waals surface area contributed by atoms with Crippen LogP contribution in [-0.4, -0.2) is 22.7 Å². The second-order valence-corrected chi connectivity index (χ2v) is 5.93. The first kappa shape index (κ1) is 17.0. The quantitative estimate of drug-likeness (QED) is 0.683. The lowest BCUT2D eigenvalue weighted by molar-refractivity contribution is -0.122. The van der Waals surface area contributed by atoms with Crippen LogP contribution in [0.1, 0.15) is 34.8 Å². The van der Waals surface area contributed by atoms with E-state index in [1.54, 1.807) is 18.2 Å². The first-order valence-electron chi connectivity index (χ1n) is 7.98. The van der Waals surface area contributed by atoms with Crippen LogP contribution in [0.3, 0.4) is 0 Å². The maximum absolute atomic E-state index is 12.2. The van der Waals surface area contributed by atoms with Crippen LogP contribution in [0.25, 0.3) is 0 Å². The number of nitrogens with zero attached hydrogens (tertiary/aromatic N) is 1. The number of hydrogen-bond acceptors (Lipinski definition) is 6. The summed E-state index contributed by atoms with van der Waals surface area (Å²) in [5.74, 6) is 0.865. The van der Waals surface area contributed by atoms with Gasteiger partial charge in [0.1, 0.15) is 11.5 Å². The Hall–Kier alpha value is -2.80. The summed E-state index contributed by atoms with van der Waals surface area (Å²) < 4.78 is 15.5. The first-order valence-corrected chi connectivity index (χ1v) is 7.98. The number of aliphatic hydroxyl groups is 1. The molecule has 1 amide bonds. The van der Waals surface area contributed by atoms with Gasteiger partial charge in [-0.25, -0.2) is 0 Å². The molecule has 7 heteroatoms. The Bertz CT molecular complexity index is 764. The number of aromatic nitrogens is 1. The number of amides is 1. The number of rotatable bonds is 7. The van der Waals surface area contributed by atoms with Crippen molar-refractivity contribution in [1.82, 2.24) is 10.5 Å². The third kappa shape index (κ3) is 3.51. The number of carbonyl (C=O) groups excluding carboxylic acids is 1. The molecule has 0 aliphatic heterocycles. The topological polar surface area (TPSA) is 102 Å². The van der Waals surface area contributed by atoms with Crippen molar-refractivity contribution in [3.05, 3.63) is 65.3 Å². The average Bonchev–Trinajstić information content (AvgIpc) is 3.35. The Morgan fingerprint density at radius 1 is 1.32 bits per heavy atom. The third-order valence-corrected chi connectivity index (χ3v) is 4.25. The number of hydrogen-bond donors (Lipinski definition) is 2. The highest BCUT2D eigenvalue weighted by Crippen LogP contribution is 2.29. The summed E-state index contributed by atoms with van der Waals surface area (Å²) in [6.45, 7) is 3.64. The molecule has 3 aromatic heterocycles. The molecule has 0 aliphatic carbocycles. The van der Waals surface area contributed by atoms with Crippen LogP contribution in [0.4, 0.5) is 0 Å². The molecular formula is C18H20N2O5. The standard InChI is InChI=1S/C18H20N2O5/c1-12-15(13(2)25-20-12)5-6-17(21)19-11-18(22,14-7-9-23-10-14)16-4-3-8-24-16/h3-4,7-10,22H,5-6,11H2,1-2H3,(H,19,21). The minimum Gasteiger partial charge on any atom is -0.472 e. The van der Waals surface area contributed by atoms with Gasteiger partial charge in [-0.3, -0.25) is 4.79 Å². The lowest BCUT2D eigenvalue weighted by atomic mass is 9.93. The van der Waals surface area contributed by atoms with Crippen molar-refractivity contribution in [2.45, 2.75) is 32.3 Å². The molecule has 0 spiro atoms. The van der Waals surface area contributed by atoms with Crippen molar-refractivity contribution in [2.24, 2.45) is 0 Å². The van der Waals surface area contributed by atoms with Gasteiger partial charge in [0.05, 0.1) is 31.0 Å². The average molecular weight is 344 g/mol. The number of furan rings is 2. The van der Waals surface area contributed by atoms with Crippen LogP contribution < -0.4 is 5.32 Å². The fourth-order valence-electron chi connectivity index (χ4n) is 2.76. The second kappa shape index (κ2) is 6.98. The summed E-state index contributed by atoms with van der Waals surface area (Å²) in [4.78, 5) is 12.2. The van der Waals surface area contributed by atoms with Crippen molar-refractivity contribution in [1.29, 1.82) is 0 Å². The van der Waals surface area contributed by atoms with E-state index in [1.807, 2.05) is 13.8 Å². The molecule has 0 bridgehead atoms. The molecule has 0 saturated carbocycles. The Morgan fingerprint density at radius 2 is 2.16 bits per heavy atom. The summed E-state index contributed by atoms with van der Waals surface area (Å²) in [6.07, 6.45) is 5.15. The zero-order chi connectivity index (χ0) is 17.9. The second-order valence-electron chi connectivity index (χ2n) is 5.93. The Morgan fingerprint density at radius 3 is 2.76 bits per heavy atom. The van der Waals surface area contributed by atoms with E-state index in [0.29, 0.717) is 17.7 Å². The third-order valence-electron chi connectivity index (χ3n) is 4.25. The lowest BCUT2D eigenvalue weighted by Crippen LogP contribution is -2.41. The van der Waals surface area contributed by atoms with Crippen LogP contribution in [0.5, 0.6) is 0 Å². The Balaban J connectivity index is 1.65. The van der Waals surface area contributed by atoms with Gasteiger partial charge in [0, 0.05) is 17.5 Å². The van der Waals surface area contributed by atoms with Crippen LogP contribution >= 0.6 is 0 Å². The highest BCUT2D eigenvalue weighted by molar-refractivity contribution is 5.76. The maximum atomic E-state index is 12.2. The molecule has 3 heterocycles. The highest BCUT2D eigenvalue weighted by Gasteiger charge is 2.36. The fourth-order valence-corrected chi connectivity index (χ4v) is 2.76. The largest absolute Gasteiger partial charge is 0.472 e. The first-order chi connectivity index (χ1) is 12.0. The van der Waals surface area contributed by atoms with E-state index < -0.39 is 5.60 Å². The monoisotopic (exact) mass is 344 g/mol. The number of aryl methyl sites for hydroxylation is 2. The molecule has 1 atom stereocenters. The van der Waals surface area contributed by atoms with Gasteiger partial charge in [-0.1, -0.05) is 5.16 Å². The van der Waals surface area contributed by atoms with Gasteiger partial charge in [0.25, 0.3) is 0 Å². The van der Waals surface area contributed by atoms with Crippen LogP contribution in [0.15, 0.2) is 50.3 Å². The van der Waals surface area contributed by atoms with Crippen LogP contribution in [0, 0.1) is 13.8 Å². The Kier molecular flexibility index (Phi) is 4.76. The maximum Gasteiger partial charge on any atom is 0.220 e. The van der Waals surface area contributed by atoms with Gasteiger partial charge >= 0.3 is 0 Å². The molecule has 3 aromatic rings. The van der Waals surface area contributed by atoms with Gasteiger partial charge in [-0.15, -0.1) is 0 Å². The molecular weight excluding hydrogens is 324 g/mol. The summed E-state index contributed by atoms with van der Waals surface area (Å²) in [5.41, 5.74) is 0.741. The smallest absolute Gasteiger partial charge is 0.220 e. The van der Waals surface area contributed by atoms with E-state index in [9.17, 15) is 9.90 Å². The predicted molar refractivity (Wildman–Crippen MR) is 87.7 cm³/mol. The van der Waals surface area contributed by atoms with Crippen LogP contribution in [0.2, 0.25) is 0 Å². The normalized spacial score (nSPS) is 13.6. The van der Waals surface area contributed by atoms with Crippen LogP contribution in [-0.2, 0) is 16.8 Å². The number of nitrogens with one attached hydrogen (secondary N) is 1. The van der Waals surface area contributed by atoms with Gasteiger partial charge < -0.3 is 23.8 Å². The van der Waals surface area contributed by atoms with E-state index >= 15 is 0 Å². The summed E-state index contributed by atoms with van der Waals surface area (Å²) in [5, 5.41) is 17.7. The molecule has 0 aliphatic rings. The van der Waals surface area contributed by atoms with E-state index in [-0.39, 0.29) is 18.9 Å². The molecule has 0 saturated heterocycles. The van der Waals surface area contributed by atoms with Gasteiger partial charge in [-0.2, -0.15) is 0 Å². The minimum atomic E-state index is -1.49. The van der Waals surface area contributed by atoms with Gasteiger partial charge in [-0.05, 0) is 38.5 Å². The van der Waals surface area contributed by atoms with Gasteiger partial charge in [0.15, 0.2) is 5.60 Å². The SMILES string of the molecule is Cc1noc(C)c1CCC(=O)NCC(O)(c1ccoc1)c1ccco1. The highest BCUT2D eigenvalue weighted by atomic mass is 16.5. The molecule has 0 radical (unpaired) electrons. The molecule has 7 nitrogen and oxygen atoms in total. The molecule has 3 rings (SSSR count).